The normalized spacial score (nSPS) is 21.1. The number of carbonyl (C=O) groups is 2. The smallest absolute Gasteiger partial charge is 0.243 e. The first-order chi connectivity index (χ1) is 13.3. The molecule has 9 nitrogen and oxygen atoms in total. The van der Waals surface area contributed by atoms with Gasteiger partial charge in [-0.3, -0.25) is 14.5 Å². The molecule has 0 saturated carbocycles. The van der Waals surface area contributed by atoms with Crippen molar-refractivity contribution in [3.05, 3.63) is 0 Å². The van der Waals surface area contributed by atoms with Crippen LogP contribution in [0.2, 0.25) is 0 Å². The third-order valence-electron chi connectivity index (χ3n) is 4.86. The molecular formula is C19H36N6O3. The highest BCUT2D eigenvalue weighted by atomic mass is 16.5. The van der Waals surface area contributed by atoms with Crippen LogP contribution in [0, 0.1) is 0 Å². The molecule has 0 aliphatic carbocycles. The number of hydrogen-bond acceptors (Lipinski definition) is 5. The molecule has 1 atom stereocenters. The maximum atomic E-state index is 12.0. The van der Waals surface area contributed by atoms with Gasteiger partial charge in [0.15, 0.2) is 5.96 Å². The summed E-state index contributed by atoms with van der Waals surface area (Å²) in [7, 11) is 3.47. The molecule has 0 spiro atoms. The fraction of sp³-hybridized carbons (Fsp3) is 0.842. The minimum Gasteiger partial charge on any atom is -0.376 e. The first kappa shape index (κ1) is 22.4. The summed E-state index contributed by atoms with van der Waals surface area (Å²) in [5.41, 5.74) is 0. The Balaban J connectivity index is 1.88. The summed E-state index contributed by atoms with van der Waals surface area (Å²) in [6.07, 6.45) is 2.35. The molecule has 28 heavy (non-hydrogen) atoms. The Morgan fingerprint density at radius 3 is 2.50 bits per heavy atom. The molecule has 2 fully saturated rings. The first-order valence-electron chi connectivity index (χ1n) is 10.2. The average molecular weight is 397 g/mol. The van der Waals surface area contributed by atoms with Gasteiger partial charge in [0.05, 0.1) is 12.6 Å². The van der Waals surface area contributed by atoms with Gasteiger partial charge >= 0.3 is 0 Å². The van der Waals surface area contributed by atoms with Crippen molar-refractivity contribution < 1.29 is 14.3 Å². The highest BCUT2D eigenvalue weighted by Crippen LogP contribution is 2.11. The number of nitrogens with zero attached hydrogens (tertiary/aromatic N) is 4. The minimum atomic E-state index is -0.0274. The molecule has 0 radical (unpaired) electrons. The molecule has 160 valence electrons. The first-order valence-corrected chi connectivity index (χ1v) is 10.2. The van der Waals surface area contributed by atoms with Crippen molar-refractivity contribution in [1.82, 2.24) is 25.3 Å². The van der Waals surface area contributed by atoms with E-state index < -0.39 is 0 Å². The van der Waals surface area contributed by atoms with Gasteiger partial charge in [0.25, 0.3) is 0 Å². The molecule has 1 unspecified atom stereocenters. The van der Waals surface area contributed by atoms with E-state index >= 15 is 0 Å². The van der Waals surface area contributed by atoms with Crippen molar-refractivity contribution in [2.75, 3.05) is 66.5 Å². The molecule has 0 aromatic rings. The van der Waals surface area contributed by atoms with Crippen molar-refractivity contribution in [1.29, 1.82) is 0 Å². The average Bonchev–Trinajstić information content (AvgIpc) is 3.15. The van der Waals surface area contributed by atoms with Crippen LogP contribution in [-0.4, -0.2) is 111 Å². The topological polar surface area (TPSA) is 89.5 Å². The molecule has 2 aliphatic rings. The number of nitrogens with one attached hydrogen (secondary N) is 2. The van der Waals surface area contributed by atoms with Crippen molar-refractivity contribution in [2.45, 2.75) is 38.8 Å². The van der Waals surface area contributed by atoms with Gasteiger partial charge in [-0.1, -0.05) is 0 Å². The third-order valence-corrected chi connectivity index (χ3v) is 4.86. The van der Waals surface area contributed by atoms with Crippen LogP contribution in [0.15, 0.2) is 4.99 Å². The summed E-state index contributed by atoms with van der Waals surface area (Å²) in [5.74, 6) is 0.780. The number of carbonyl (C=O) groups excluding carboxylic acids is 2. The largest absolute Gasteiger partial charge is 0.376 e. The molecule has 2 N–H and O–H groups in total. The Labute approximate surface area is 168 Å². The maximum absolute atomic E-state index is 12.0. The lowest BCUT2D eigenvalue weighted by molar-refractivity contribution is -0.127. The van der Waals surface area contributed by atoms with Crippen molar-refractivity contribution in [2.24, 2.45) is 4.99 Å². The maximum Gasteiger partial charge on any atom is 0.243 e. The number of aliphatic imine (C=N–C) groups is 1. The zero-order chi connectivity index (χ0) is 20.5. The highest BCUT2D eigenvalue weighted by molar-refractivity contribution is 5.85. The minimum absolute atomic E-state index is 0.0274. The molecule has 0 aromatic carbocycles. The fourth-order valence-corrected chi connectivity index (χ4v) is 3.25. The van der Waals surface area contributed by atoms with Crippen molar-refractivity contribution in [3.8, 4) is 0 Å². The van der Waals surface area contributed by atoms with Crippen LogP contribution in [0.5, 0.6) is 0 Å². The Hall–Kier alpha value is -1.87. The van der Waals surface area contributed by atoms with E-state index in [1.54, 1.807) is 19.0 Å². The molecule has 2 saturated heterocycles. The number of amides is 2. The molecule has 0 bridgehead atoms. The summed E-state index contributed by atoms with van der Waals surface area (Å²) in [6, 6.07) is 0.156. The number of ether oxygens (including phenoxy) is 1. The zero-order valence-electron chi connectivity index (χ0n) is 17.7. The number of likely N-dealkylation sites (N-methyl/N-ethyl adjacent to an activating group) is 1. The van der Waals surface area contributed by atoms with Gasteiger partial charge in [0.1, 0.15) is 6.54 Å². The fourth-order valence-electron chi connectivity index (χ4n) is 3.25. The van der Waals surface area contributed by atoms with E-state index in [4.69, 9.17) is 4.74 Å². The van der Waals surface area contributed by atoms with Crippen LogP contribution in [0.4, 0.5) is 0 Å². The van der Waals surface area contributed by atoms with Crippen molar-refractivity contribution >= 4 is 17.8 Å². The van der Waals surface area contributed by atoms with E-state index in [0.717, 1.165) is 51.6 Å². The van der Waals surface area contributed by atoms with Crippen LogP contribution >= 0.6 is 0 Å². The van der Waals surface area contributed by atoms with Gasteiger partial charge in [-0.2, -0.15) is 0 Å². The van der Waals surface area contributed by atoms with Crippen LogP contribution in [0.1, 0.15) is 26.7 Å². The highest BCUT2D eigenvalue weighted by Gasteiger charge is 2.23. The Morgan fingerprint density at radius 2 is 1.93 bits per heavy atom. The van der Waals surface area contributed by atoms with Gasteiger partial charge in [-0.25, -0.2) is 4.99 Å². The summed E-state index contributed by atoms with van der Waals surface area (Å²) >= 11 is 0. The van der Waals surface area contributed by atoms with Crippen LogP contribution in [0.3, 0.4) is 0 Å². The van der Waals surface area contributed by atoms with Gasteiger partial charge < -0.3 is 25.2 Å². The number of hydrogen-bond donors (Lipinski definition) is 2. The molecule has 2 aliphatic heterocycles. The second-order valence-electron chi connectivity index (χ2n) is 7.93. The quantitative estimate of drug-likeness (QED) is 0.439. The molecule has 0 aromatic heterocycles. The van der Waals surface area contributed by atoms with Crippen LogP contribution < -0.4 is 10.6 Å². The number of rotatable bonds is 7. The molecule has 2 amide bonds. The monoisotopic (exact) mass is 396 g/mol. The van der Waals surface area contributed by atoms with E-state index in [1.165, 1.54) is 0 Å². The standard InChI is InChI=1S/C19H36N6O3/c1-15(2)22-17(26)14-24-7-9-25(10-8-24)19(21-13-18(27)23(3)4)20-12-16-6-5-11-28-16/h15-16H,5-14H2,1-4H3,(H,20,21)(H,22,26). The van der Waals surface area contributed by atoms with Crippen LogP contribution in [0.25, 0.3) is 0 Å². The van der Waals surface area contributed by atoms with Crippen molar-refractivity contribution in [3.63, 3.8) is 0 Å². The predicted molar refractivity (Wildman–Crippen MR) is 109 cm³/mol. The van der Waals surface area contributed by atoms with Gasteiger partial charge in [-0.15, -0.1) is 0 Å². The number of piperazine rings is 1. The summed E-state index contributed by atoms with van der Waals surface area (Å²) in [4.78, 5) is 34.3. The lowest BCUT2D eigenvalue weighted by Gasteiger charge is -2.36. The zero-order valence-corrected chi connectivity index (χ0v) is 17.7. The Bertz CT molecular complexity index is 538. The summed E-state index contributed by atoms with van der Waals surface area (Å²) in [5, 5.41) is 6.32. The third kappa shape index (κ3) is 7.63. The Morgan fingerprint density at radius 1 is 1.21 bits per heavy atom. The second kappa shape index (κ2) is 11.2. The lowest BCUT2D eigenvalue weighted by atomic mass is 10.2. The molecule has 2 rings (SSSR count). The van der Waals surface area contributed by atoms with E-state index in [9.17, 15) is 9.59 Å². The van der Waals surface area contributed by atoms with Crippen LogP contribution in [-0.2, 0) is 14.3 Å². The van der Waals surface area contributed by atoms with Gasteiger partial charge in [0, 0.05) is 59.5 Å². The number of guanidine groups is 1. The molecular weight excluding hydrogens is 360 g/mol. The second-order valence-corrected chi connectivity index (χ2v) is 7.93. The van der Waals surface area contributed by atoms with E-state index in [2.05, 4.69) is 25.4 Å². The Kier molecular flexibility index (Phi) is 8.98. The van der Waals surface area contributed by atoms with E-state index in [-0.39, 0.29) is 30.5 Å². The summed E-state index contributed by atoms with van der Waals surface area (Å²) in [6.45, 7) is 9.09. The van der Waals surface area contributed by atoms with E-state index in [1.807, 2.05) is 13.8 Å². The van der Waals surface area contributed by atoms with Gasteiger partial charge in [-0.05, 0) is 26.7 Å². The van der Waals surface area contributed by atoms with Gasteiger partial charge in [0.2, 0.25) is 11.8 Å². The van der Waals surface area contributed by atoms with E-state index in [0.29, 0.717) is 13.1 Å². The SMILES string of the molecule is CC(C)NC(=O)CN1CCN(C(=NCC(=O)N(C)C)NCC2CCCO2)CC1. The lowest BCUT2D eigenvalue weighted by Crippen LogP contribution is -2.55. The summed E-state index contributed by atoms with van der Waals surface area (Å²) < 4.78 is 5.68. The molecule has 9 heteroatoms. The molecule has 2 heterocycles. The predicted octanol–water partition coefficient (Wildman–Crippen LogP) is -0.659.